The van der Waals surface area contributed by atoms with E-state index < -0.39 is 0 Å². The molecule has 0 radical (unpaired) electrons. The quantitative estimate of drug-likeness (QED) is 0.652. The van der Waals surface area contributed by atoms with Crippen molar-refractivity contribution >= 4 is 17.1 Å². The summed E-state index contributed by atoms with van der Waals surface area (Å²) in [6, 6.07) is 10.1. The molecule has 2 heteroatoms. The molecular weight excluding hydrogens is 256 g/mol. The van der Waals surface area contributed by atoms with E-state index in [2.05, 4.69) is 39.8 Å². The van der Waals surface area contributed by atoms with Gasteiger partial charge in [-0.3, -0.25) is 4.99 Å². The Kier molecular flexibility index (Phi) is 3.40. The fraction of sp³-hybridized carbons (Fsp3) is 0.368. The molecule has 1 atom stereocenters. The summed E-state index contributed by atoms with van der Waals surface area (Å²) in [4.78, 5) is 9.67. The number of fused-ring (bicyclic) bond motifs is 1. The van der Waals surface area contributed by atoms with Crippen LogP contribution in [0.25, 0.3) is 0 Å². The molecular formula is C19H22N2. The van der Waals surface area contributed by atoms with Crippen LogP contribution in [-0.4, -0.2) is 17.0 Å². The van der Waals surface area contributed by atoms with Gasteiger partial charge in [0, 0.05) is 0 Å². The summed E-state index contributed by atoms with van der Waals surface area (Å²) in [5, 5.41) is 0. The van der Waals surface area contributed by atoms with Gasteiger partial charge >= 0.3 is 0 Å². The van der Waals surface area contributed by atoms with Crippen molar-refractivity contribution in [3.8, 4) is 0 Å². The third-order valence-electron chi connectivity index (χ3n) is 4.19. The Morgan fingerprint density at radius 2 is 1.86 bits per heavy atom. The Labute approximate surface area is 127 Å². The van der Waals surface area contributed by atoms with Crippen LogP contribution in [0.15, 0.2) is 63.6 Å². The molecule has 1 aromatic rings. The number of hydrogen-bond acceptors (Lipinski definition) is 2. The number of nitrogens with zero attached hydrogens (tertiary/aromatic N) is 2. The van der Waals surface area contributed by atoms with Crippen LogP contribution < -0.4 is 0 Å². The molecule has 0 amide bonds. The average Bonchev–Trinajstić information content (AvgIpc) is 2.41. The van der Waals surface area contributed by atoms with Gasteiger partial charge in [-0.25, -0.2) is 4.99 Å². The van der Waals surface area contributed by atoms with Crippen molar-refractivity contribution in [3.63, 3.8) is 0 Å². The minimum Gasteiger partial charge on any atom is -0.279 e. The summed E-state index contributed by atoms with van der Waals surface area (Å²) in [7, 11) is 0. The van der Waals surface area contributed by atoms with Crippen molar-refractivity contribution in [3.05, 3.63) is 53.6 Å². The monoisotopic (exact) mass is 278 g/mol. The molecule has 0 saturated carbocycles. The lowest BCUT2D eigenvalue weighted by atomic mass is 9.77. The molecule has 1 heterocycles. The Morgan fingerprint density at radius 3 is 2.57 bits per heavy atom. The van der Waals surface area contributed by atoms with Crippen molar-refractivity contribution in [2.24, 2.45) is 15.9 Å². The SMILES string of the molecule is CC1=C2C(=NC(C)(C)CC2C)C=CC1=Nc1ccccc1. The van der Waals surface area contributed by atoms with Gasteiger partial charge in [0.15, 0.2) is 0 Å². The molecule has 3 rings (SSSR count). The van der Waals surface area contributed by atoms with Crippen LogP contribution >= 0.6 is 0 Å². The highest BCUT2D eigenvalue weighted by atomic mass is 14.9. The first-order valence-corrected chi connectivity index (χ1v) is 7.59. The molecule has 21 heavy (non-hydrogen) atoms. The van der Waals surface area contributed by atoms with Gasteiger partial charge in [-0.1, -0.05) is 25.1 Å². The van der Waals surface area contributed by atoms with E-state index in [1.54, 1.807) is 0 Å². The summed E-state index contributed by atoms with van der Waals surface area (Å²) in [6.07, 6.45) is 5.32. The zero-order valence-electron chi connectivity index (χ0n) is 13.2. The number of aliphatic imine (C=N–C) groups is 2. The maximum atomic E-state index is 4.90. The van der Waals surface area contributed by atoms with E-state index in [9.17, 15) is 0 Å². The fourth-order valence-corrected chi connectivity index (χ4v) is 3.41. The predicted molar refractivity (Wildman–Crippen MR) is 90.7 cm³/mol. The predicted octanol–water partition coefficient (Wildman–Crippen LogP) is 4.90. The molecule has 0 aromatic heterocycles. The first-order chi connectivity index (χ1) is 9.96. The lowest BCUT2D eigenvalue weighted by molar-refractivity contribution is 0.405. The van der Waals surface area contributed by atoms with Crippen LogP contribution in [0.4, 0.5) is 5.69 Å². The number of benzene rings is 1. The summed E-state index contributed by atoms with van der Waals surface area (Å²) in [6.45, 7) is 8.90. The molecule has 108 valence electrons. The van der Waals surface area contributed by atoms with Crippen LogP contribution in [-0.2, 0) is 0 Å². The molecule has 2 aliphatic rings. The van der Waals surface area contributed by atoms with Gasteiger partial charge in [-0.05, 0) is 68.5 Å². The Hall–Kier alpha value is -1.96. The van der Waals surface area contributed by atoms with Crippen LogP contribution in [0.5, 0.6) is 0 Å². The van der Waals surface area contributed by atoms with E-state index in [1.807, 2.05) is 30.3 Å². The molecule has 1 aliphatic carbocycles. The van der Waals surface area contributed by atoms with E-state index in [1.165, 1.54) is 11.1 Å². The molecule has 0 spiro atoms. The second-order valence-electron chi connectivity index (χ2n) is 6.62. The first-order valence-electron chi connectivity index (χ1n) is 7.59. The number of para-hydroxylation sites is 1. The Morgan fingerprint density at radius 1 is 1.14 bits per heavy atom. The molecule has 0 N–H and O–H groups in total. The zero-order chi connectivity index (χ0) is 15.0. The molecule has 1 aromatic carbocycles. The number of hydrogen-bond donors (Lipinski definition) is 0. The first kappa shape index (κ1) is 14.0. The molecule has 2 nitrogen and oxygen atoms in total. The number of rotatable bonds is 1. The van der Waals surface area contributed by atoms with Gasteiger partial charge < -0.3 is 0 Å². The highest BCUT2D eigenvalue weighted by Gasteiger charge is 2.32. The summed E-state index contributed by atoms with van der Waals surface area (Å²) in [5.74, 6) is 0.526. The molecule has 0 bridgehead atoms. The summed E-state index contributed by atoms with van der Waals surface area (Å²) >= 11 is 0. The van der Waals surface area contributed by atoms with Crippen molar-refractivity contribution < 1.29 is 0 Å². The van der Waals surface area contributed by atoms with E-state index in [-0.39, 0.29) is 5.54 Å². The van der Waals surface area contributed by atoms with E-state index in [0.717, 1.165) is 23.5 Å². The maximum Gasteiger partial charge on any atom is 0.0670 e. The van der Waals surface area contributed by atoms with E-state index >= 15 is 0 Å². The van der Waals surface area contributed by atoms with Gasteiger partial charge in [0.25, 0.3) is 0 Å². The van der Waals surface area contributed by atoms with Crippen molar-refractivity contribution in [1.82, 2.24) is 0 Å². The molecule has 1 unspecified atom stereocenters. The maximum absolute atomic E-state index is 4.90. The van der Waals surface area contributed by atoms with Gasteiger partial charge in [0.05, 0.1) is 22.6 Å². The van der Waals surface area contributed by atoms with E-state index in [4.69, 9.17) is 9.98 Å². The van der Waals surface area contributed by atoms with Gasteiger partial charge in [-0.15, -0.1) is 0 Å². The van der Waals surface area contributed by atoms with Crippen LogP contribution in [0, 0.1) is 5.92 Å². The van der Waals surface area contributed by atoms with Gasteiger partial charge in [-0.2, -0.15) is 0 Å². The lowest BCUT2D eigenvalue weighted by Crippen LogP contribution is -2.33. The average molecular weight is 278 g/mol. The van der Waals surface area contributed by atoms with Gasteiger partial charge in [0.2, 0.25) is 0 Å². The fourth-order valence-electron chi connectivity index (χ4n) is 3.41. The highest BCUT2D eigenvalue weighted by Crippen LogP contribution is 2.36. The van der Waals surface area contributed by atoms with Crippen LogP contribution in [0.3, 0.4) is 0 Å². The summed E-state index contributed by atoms with van der Waals surface area (Å²) in [5.41, 5.74) is 5.87. The van der Waals surface area contributed by atoms with Crippen LogP contribution in [0.2, 0.25) is 0 Å². The molecule has 1 aliphatic heterocycles. The lowest BCUT2D eigenvalue weighted by Gasteiger charge is -2.35. The largest absolute Gasteiger partial charge is 0.279 e. The standard InChI is InChI=1S/C19H22N2/c1-13-12-19(3,4)21-17-11-10-16(14(2)18(13)17)20-15-8-6-5-7-9-15/h5-11,13H,12H2,1-4H3. The Balaban J connectivity index is 2.05. The summed E-state index contributed by atoms with van der Waals surface area (Å²) < 4.78 is 0. The minimum absolute atomic E-state index is 0.0386. The van der Waals surface area contributed by atoms with Crippen molar-refractivity contribution in [2.45, 2.75) is 39.7 Å². The minimum atomic E-state index is 0.0386. The smallest absolute Gasteiger partial charge is 0.0670 e. The number of allylic oxidation sites excluding steroid dienone is 4. The second kappa shape index (κ2) is 5.10. The topological polar surface area (TPSA) is 24.7 Å². The second-order valence-corrected chi connectivity index (χ2v) is 6.62. The third-order valence-corrected chi connectivity index (χ3v) is 4.19. The Bertz CT molecular complexity index is 673. The molecule has 0 fully saturated rings. The zero-order valence-corrected chi connectivity index (χ0v) is 13.2. The van der Waals surface area contributed by atoms with Gasteiger partial charge in [0.1, 0.15) is 0 Å². The van der Waals surface area contributed by atoms with E-state index in [0.29, 0.717) is 5.92 Å². The molecule has 0 saturated heterocycles. The highest BCUT2D eigenvalue weighted by molar-refractivity contribution is 6.24. The van der Waals surface area contributed by atoms with Crippen LogP contribution in [0.1, 0.15) is 34.1 Å². The van der Waals surface area contributed by atoms with Crippen molar-refractivity contribution in [1.29, 1.82) is 0 Å². The third kappa shape index (κ3) is 2.76. The van der Waals surface area contributed by atoms with Crippen molar-refractivity contribution in [2.75, 3.05) is 0 Å². The normalized spacial score (nSPS) is 25.8.